The normalized spacial score (nSPS) is 16.3. The van der Waals surface area contributed by atoms with E-state index in [9.17, 15) is 4.79 Å². The molecule has 0 radical (unpaired) electrons. The Labute approximate surface area is 206 Å². The Morgan fingerprint density at radius 1 is 1.03 bits per heavy atom. The van der Waals surface area contributed by atoms with Crippen LogP contribution in [-0.4, -0.2) is 53.6 Å². The molecule has 3 aromatic rings. The van der Waals surface area contributed by atoms with E-state index in [0.717, 1.165) is 66.3 Å². The molecule has 35 heavy (non-hydrogen) atoms. The van der Waals surface area contributed by atoms with Crippen LogP contribution in [0, 0.1) is 13.8 Å². The molecule has 1 aromatic carbocycles. The van der Waals surface area contributed by atoms with Crippen molar-refractivity contribution >= 4 is 11.7 Å². The molecule has 0 spiro atoms. The van der Waals surface area contributed by atoms with Gasteiger partial charge in [-0.2, -0.15) is 0 Å². The molecule has 2 aromatic heterocycles. The minimum absolute atomic E-state index is 0.0779. The van der Waals surface area contributed by atoms with Crippen molar-refractivity contribution in [3.05, 3.63) is 76.6 Å². The highest BCUT2D eigenvalue weighted by molar-refractivity contribution is 5.96. The highest BCUT2D eigenvalue weighted by Crippen LogP contribution is 2.29. The molecule has 1 saturated heterocycles. The third kappa shape index (κ3) is 5.09. The molecule has 7 heteroatoms. The third-order valence-electron chi connectivity index (χ3n) is 6.86. The standard InChI is InChI=1S/C28H32N4O3/c1-19-4-6-21(7-5-19)18-32-15-12-25-24(28(32)33)16-20(2)27(30-25)31-13-10-22(11-14-31)35-23-8-9-26(34-3)29-17-23/h4-9,16-17,22H,10-15,18H2,1-3H3. The van der Waals surface area contributed by atoms with Crippen molar-refractivity contribution in [2.75, 3.05) is 31.6 Å². The number of aryl methyl sites for hydroxylation is 2. The van der Waals surface area contributed by atoms with E-state index < -0.39 is 0 Å². The largest absolute Gasteiger partial charge is 0.489 e. The van der Waals surface area contributed by atoms with Gasteiger partial charge in [0.2, 0.25) is 5.88 Å². The van der Waals surface area contributed by atoms with E-state index in [1.165, 1.54) is 5.56 Å². The van der Waals surface area contributed by atoms with Crippen molar-refractivity contribution in [3.63, 3.8) is 0 Å². The summed E-state index contributed by atoms with van der Waals surface area (Å²) in [7, 11) is 1.60. The molecule has 0 saturated carbocycles. The van der Waals surface area contributed by atoms with E-state index in [1.807, 2.05) is 23.1 Å². The van der Waals surface area contributed by atoms with Crippen LogP contribution in [0.1, 0.15) is 45.6 Å². The van der Waals surface area contributed by atoms with E-state index in [1.54, 1.807) is 13.3 Å². The molecule has 0 bridgehead atoms. The van der Waals surface area contributed by atoms with E-state index >= 15 is 0 Å². The lowest BCUT2D eigenvalue weighted by Crippen LogP contribution is -2.40. The molecule has 1 fully saturated rings. The SMILES string of the molecule is COc1ccc(OC2CCN(c3nc4c(cc3C)C(=O)N(Cc3ccc(C)cc3)CC4)CC2)cn1. The molecule has 2 aliphatic heterocycles. The number of hydrogen-bond donors (Lipinski definition) is 0. The molecule has 2 aliphatic rings. The number of pyridine rings is 2. The zero-order valence-corrected chi connectivity index (χ0v) is 20.7. The minimum Gasteiger partial charge on any atom is -0.489 e. The lowest BCUT2D eigenvalue weighted by Gasteiger charge is -2.35. The average Bonchev–Trinajstić information content (AvgIpc) is 2.88. The quantitative estimate of drug-likeness (QED) is 0.531. The lowest BCUT2D eigenvalue weighted by atomic mass is 10.0. The van der Waals surface area contributed by atoms with Gasteiger partial charge in [0.25, 0.3) is 5.91 Å². The molecule has 0 N–H and O–H groups in total. The Bertz CT molecular complexity index is 1190. The van der Waals surface area contributed by atoms with Crippen LogP contribution in [0.4, 0.5) is 5.82 Å². The van der Waals surface area contributed by atoms with Crippen LogP contribution >= 0.6 is 0 Å². The molecule has 4 heterocycles. The third-order valence-corrected chi connectivity index (χ3v) is 6.86. The van der Waals surface area contributed by atoms with Crippen molar-refractivity contribution in [1.82, 2.24) is 14.9 Å². The van der Waals surface area contributed by atoms with Crippen molar-refractivity contribution < 1.29 is 14.3 Å². The number of piperidine rings is 1. The zero-order chi connectivity index (χ0) is 24.4. The Morgan fingerprint density at radius 3 is 2.49 bits per heavy atom. The summed E-state index contributed by atoms with van der Waals surface area (Å²) in [5.41, 5.74) is 5.09. The van der Waals surface area contributed by atoms with Gasteiger partial charge in [-0.05, 0) is 37.1 Å². The second-order valence-corrected chi connectivity index (χ2v) is 9.43. The van der Waals surface area contributed by atoms with Gasteiger partial charge in [-0.3, -0.25) is 4.79 Å². The first-order chi connectivity index (χ1) is 17.0. The Morgan fingerprint density at radius 2 is 1.80 bits per heavy atom. The maximum atomic E-state index is 13.2. The monoisotopic (exact) mass is 472 g/mol. The van der Waals surface area contributed by atoms with E-state index in [4.69, 9.17) is 14.5 Å². The van der Waals surface area contributed by atoms with Gasteiger partial charge in [0.05, 0.1) is 24.6 Å². The van der Waals surface area contributed by atoms with Gasteiger partial charge >= 0.3 is 0 Å². The highest BCUT2D eigenvalue weighted by Gasteiger charge is 2.29. The maximum Gasteiger partial charge on any atom is 0.256 e. The van der Waals surface area contributed by atoms with Crippen LogP contribution in [0.5, 0.6) is 11.6 Å². The number of anilines is 1. The molecule has 182 valence electrons. The van der Waals surface area contributed by atoms with Crippen LogP contribution < -0.4 is 14.4 Å². The van der Waals surface area contributed by atoms with Crippen LogP contribution in [-0.2, 0) is 13.0 Å². The predicted molar refractivity (Wildman–Crippen MR) is 135 cm³/mol. The number of carbonyl (C=O) groups excluding carboxylic acids is 1. The molecule has 5 rings (SSSR count). The molecular formula is C28H32N4O3. The molecule has 1 amide bonds. The average molecular weight is 473 g/mol. The topological polar surface area (TPSA) is 67.8 Å². The second-order valence-electron chi connectivity index (χ2n) is 9.43. The first kappa shape index (κ1) is 23.1. The zero-order valence-electron chi connectivity index (χ0n) is 20.7. The summed E-state index contributed by atoms with van der Waals surface area (Å²) in [6.07, 6.45) is 4.46. The van der Waals surface area contributed by atoms with Gasteiger partial charge in [-0.1, -0.05) is 29.8 Å². The van der Waals surface area contributed by atoms with E-state index in [2.05, 4.69) is 48.0 Å². The smallest absolute Gasteiger partial charge is 0.256 e. The van der Waals surface area contributed by atoms with Crippen LogP contribution in [0.25, 0.3) is 0 Å². The predicted octanol–water partition coefficient (Wildman–Crippen LogP) is 4.35. The van der Waals surface area contributed by atoms with Crippen LogP contribution in [0.3, 0.4) is 0 Å². The number of rotatable bonds is 6. The summed E-state index contributed by atoms with van der Waals surface area (Å²) in [5, 5.41) is 0. The maximum absolute atomic E-state index is 13.2. The number of hydrogen-bond acceptors (Lipinski definition) is 6. The van der Waals surface area contributed by atoms with Crippen LogP contribution in [0.2, 0.25) is 0 Å². The van der Waals surface area contributed by atoms with Crippen molar-refractivity contribution in [2.45, 2.75) is 45.8 Å². The number of aromatic nitrogens is 2. The summed E-state index contributed by atoms with van der Waals surface area (Å²) in [6.45, 7) is 7.20. The van der Waals surface area contributed by atoms with Gasteiger partial charge < -0.3 is 19.3 Å². The highest BCUT2D eigenvalue weighted by atomic mass is 16.5. The Hall–Kier alpha value is -3.61. The number of benzene rings is 1. The van der Waals surface area contributed by atoms with Crippen molar-refractivity contribution in [2.24, 2.45) is 0 Å². The Balaban J connectivity index is 1.23. The fourth-order valence-corrected chi connectivity index (χ4v) is 4.85. The van der Waals surface area contributed by atoms with Gasteiger partial charge in [-0.15, -0.1) is 0 Å². The number of ether oxygens (including phenoxy) is 2. The summed E-state index contributed by atoms with van der Waals surface area (Å²) < 4.78 is 11.2. The fourth-order valence-electron chi connectivity index (χ4n) is 4.85. The van der Waals surface area contributed by atoms with Gasteiger partial charge in [0, 0.05) is 51.5 Å². The van der Waals surface area contributed by atoms with Crippen molar-refractivity contribution in [1.29, 1.82) is 0 Å². The van der Waals surface area contributed by atoms with Gasteiger partial charge in [0.1, 0.15) is 17.7 Å². The molecule has 7 nitrogen and oxygen atoms in total. The van der Waals surface area contributed by atoms with Gasteiger partial charge in [-0.25, -0.2) is 9.97 Å². The minimum atomic E-state index is 0.0779. The van der Waals surface area contributed by atoms with Gasteiger partial charge in [0.15, 0.2) is 0 Å². The molecule has 0 unspecified atom stereocenters. The Kier molecular flexibility index (Phi) is 6.57. The number of fused-ring (bicyclic) bond motifs is 1. The van der Waals surface area contributed by atoms with E-state index in [0.29, 0.717) is 19.0 Å². The van der Waals surface area contributed by atoms with E-state index in [-0.39, 0.29) is 12.0 Å². The summed E-state index contributed by atoms with van der Waals surface area (Å²) in [4.78, 5) is 26.7. The second kappa shape index (κ2) is 9.94. The lowest BCUT2D eigenvalue weighted by molar-refractivity contribution is 0.0725. The molecule has 0 aliphatic carbocycles. The first-order valence-corrected chi connectivity index (χ1v) is 12.3. The molecule has 0 atom stereocenters. The summed E-state index contributed by atoms with van der Waals surface area (Å²) in [5.74, 6) is 2.42. The summed E-state index contributed by atoms with van der Waals surface area (Å²) in [6, 6.07) is 14.1. The number of carbonyl (C=O) groups is 1. The number of methoxy groups -OCH3 is 1. The number of nitrogens with zero attached hydrogens (tertiary/aromatic N) is 4. The first-order valence-electron chi connectivity index (χ1n) is 12.3. The summed E-state index contributed by atoms with van der Waals surface area (Å²) >= 11 is 0. The fraction of sp³-hybridized carbons (Fsp3) is 0.393. The number of amides is 1. The molecular weight excluding hydrogens is 440 g/mol. The van der Waals surface area contributed by atoms with Crippen molar-refractivity contribution in [3.8, 4) is 11.6 Å². The van der Waals surface area contributed by atoms with Crippen LogP contribution in [0.15, 0.2) is 48.7 Å².